The Balaban J connectivity index is 1.88. The second kappa shape index (κ2) is 3.92. The van der Waals surface area contributed by atoms with E-state index in [0.717, 1.165) is 25.2 Å². The second-order valence-electron chi connectivity index (χ2n) is 4.01. The van der Waals surface area contributed by atoms with Gasteiger partial charge in [0.2, 0.25) is 0 Å². The van der Waals surface area contributed by atoms with Gasteiger partial charge in [0.25, 0.3) is 0 Å². The Kier molecular flexibility index (Phi) is 2.63. The van der Waals surface area contributed by atoms with E-state index in [9.17, 15) is 0 Å². The highest BCUT2D eigenvalue weighted by Crippen LogP contribution is 2.26. The number of nitrogens with zero attached hydrogens (tertiary/aromatic N) is 2. The maximum atomic E-state index is 6.20. The largest absolute Gasteiger partial charge is 0.367 e. The number of anilines is 1. The summed E-state index contributed by atoms with van der Waals surface area (Å²) in [6, 6.07) is 0. The zero-order valence-electron chi connectivity index (χ0n) is 8.24. The van der Waals surface area contributed by atoms with E-state index in [2.05, 4.69) is 15.3 Å². The highest BCUT2D eigenvalue weighted by atomic mass is 15.0. The van der Waals surface area contributed by atoms with Gasteiger partial charge in [-0.05, 0) is 12.8 Å². The SMILES string of the molecule is NC1(CNc2cnccn2)CCCC1. The normalized spacial score (nSPS) is 19.5. The molecule has 0 aromatic carbocycles. The Morgan fingerprint density at radius 2 is 2.14 bits per heavy atom. The lowest BCUT2D eigenvalue weighted by Gasteiger charge is -2.23. The van der Waals surface area contributed by atoms with Crippen LogP contribution in [0.4, 0.5) is 5.82 Å². The van der Waals surface area contributed by atoms with Gasteiger partial charge in [0.15, 0.2) is 0 Å². The molecule has 1 saturated carbocycles. The van der Waals surface area contributed by atoms with Crippen molar-refractivity contribution in [3.05, 3.63) is 18.6 Å². The van der Waals surface area contributed by atoms with Gasteiger partial charge in [0.05, 0.1) is 6.20 Å². The molecule has 1 aromatic heterocycles. The van der Waals surface area contributed by atoms with Gasteiger partial charge in [0.1, 0.15) is 5.82 Å². The van der Waals surface area contributed by atoms with E-state index in [1.54, 1.807) is 18.6 Å². The van der Waals surface area contributed by atoms with Crippen LogP contribution in [0.15, 0.2) is 18.6 Å². The molecule has 14 heavy (non-hydrogen) atoms. The van der Waals surface area contributed by atoms with Gasteiger partial charge < -0.3 is 11.1 Å². The summed E-state index contributed by atoms with van der Waals surface area (Å²) in [5, 5.41) is 3.23. The van der Waals surface area contributed by atoms with Crippen molar-refractivity contribution in [3.63, 3.8) is 0 Å². The van der Waals surface area contributed by atoms with Crippen molar-refractivity contribution in [3.8, 4) is 0 Å². The quantitative estimate of drug-likeness (QED) is 0.754. The van der Waals surface area contributed by atoms with Crippen molar-refractivity contribution < 1.29 is 0 Å². The third kappa shape index (κ3) is 2.20. The molecule has 2 rings (SSSR count). The van der Waals surface area contributed by atoms with E-state index in [4.69, 9.17) is 5.73 Å². The lowest BCUT2D eigenvalue weighted by molar-refractivity contribution is 0.463. The molecule has 1 aliphatic rings. The highest BCUT2D eigenvalue weighted by molar-refractivity contribution is 5.30. The van der Waals surface area contributed by atoms with Crippen LogP contribution in [0.25, 0.3) is 0 Å². The Morgan fingerprint density at radius 3 is 2.79 bits per heavy atom. The van der Waals surface area contributed by atoms with Gasteiger partial charge in [-0.2, -0.15) is 0 Å². The maximum Gasteiger partial charge on any atom is 0.144 e. The average molecular weight is 192 g/mol. The molecule has 0 atom stereocenters. The second-order valence-corrected chi connectivity index (χ2v) is 4.01. The van der Waals surface area contributed by atoms with Gasteiger partial charge in [-0.1, -0.05) is 12.8 Å². The van der Waals surface area contributed by atoms with Crippen molar-refractivity contribution in [1.29, 1.82) is 0 Å². The molecular formula is C10H16N4. The van der Waals surface area contributed by atoms with Gasteiger partial charge in [0, 0.05) is 24.5 Å². The zero-order valence-corrected chi connectivity index (χ0v) is 8.24. The fourth-order valence-corrected chi connectivity index (χ4v) is 1.91. The summed E-state index contributed by atoms with van der Waals surface area (Å²) in [5.74, 6) is 0.809. The van der Waals surface area contributed by atoms with E-state index in [1.165, 1.54) is 12.8 Å². The first kappa shape index (κ1) is 9.40. The zero-order chi connectivity index (χ0) is 9.86. The van der Waals surface area contributed by atoms with Crippen molar-refractivity contribution in [2.45, 2.75) is 31.2 Å². The molecule has 4 nitrogen and oxygen atoms in total. The minimum Gasteiger partial charge on any atom is -0.367 e. The average Bonchev–Trinajstić information content (AvgIpc) is 2.65. The Hall–Kier alpha value is -1.16. The number of nitrogens with one attached hydrogen (secondary N) is 1. The molecule has 0 spiro atoms. The van der Waals surface area contributed by atoms with Gasteiger partial charge >= 0.3 is 0 Å². The third-order valence-corrected chi connectivity index (χ3v) is 2.78. The first-order valence-corrected chi connectivity index (χ1v) is 5.07. The van der Waals surface area contributed by atoms with Gasteiger partial charge in [-0.25, -0.2) is 4.98 Å². The van der Waals surface area contributed by atoms with Crippen LogP contribution in [0, 0.1) is 0 Å². The molecule has 0 saturated heterocycles. The van der Waals surface area contributed by atoms with Crippen LogP contribution in [-0.2, 0) is 0 Å². The van der Waals surface area contributed by atoms with E-state index < -0.39 is 0 Å². The molecule has 4 heteroatoms. The van der Waals surface area contributed by atoms with Crippen LogP contribution in [0.3, 0.4) is 0 Å². The molecular weight excluding hydrogens is 176 g/mol. The minimum atomic E-state index is -0.0302. The first-order chi connectivity index (χ1) is 6.79. The van der Waals surface area contributed by atoms with Gasteiger partial charge in [-0.3, -0.25) is 4.98 Å². The van der Waals surface area contributed by atoms with E-state index in [1.807, 2.05) is 0 Å². The van der Waals surface area contributed by atoms with Gasteiger partial charge in [-0.15, -0.1) is 0 Å². The number of hydrogen-bond acceptors (Lipinski definition) is 4. The Bertz CT molecular complexity index is 279. The topological polar surface area (TPSA) is 63.8 Å². The van der Waals surface area contributed by atoms with Crippen LogP contribution in [0.2, 0.25) is 0 Å². The van der Waals surface area contributed by atoms with Crippen molar-refractivity contribution in [2.75, 3.05) is 11.9 Å². The third-order valence-electron chi connectivity index (χ3n) is 2.78. The molecule has 1 aliphatic carbocycles. The lowest BCUT2D eigenvalue weighted by Crippen LogP contribution is -2.43. The number of hydrogen-bond donors (Lipinski definition) is 2. The van der Waals surface area contributed by atoms with Crippen LogP contribution < -0.4 is 11.1 Å². The summed E-state index contributed by atoms with van der Waals surface area (Å²) in [6.45, 7) is 0.797. The molecule has 0 aliphatic heterocycles. The highest BCUT2D eigenvalue weighted by Gasteiger charge is 2.28. The van der Waals surface area contributed by atoms with Crippen LogP contribution in [0.5, 0.6) is 0 Å². The predicted molar refractivity (Wildman–Crippen MR) is 55.9 cm³/mol. The van der Waals surface area contributed by atoms with E-state index in [0.29, 0.717) is 0 Å². The number of nitrogens with two attached hydrogens (primary N) is 1. The minimum absolute atomic E-state index is 0.0302. The van der Waals surface area contributed by atoms with Crippen molar-refractivity contribution >= 4 is 5.82 Å². The molecule has 0 radical (unpaired) electrons. The fourth-order valence-electron chi connectivity index (χ4n) is 1.91. The summed E-state index contributed by atoms with van der Waals surface area (Å²) < 4.78 is 0. The summed E-state index contributed by atoms with van der Waals surface area (Å²) >= 11 is 0. The molecule has 1 aromatic rings. The van der Waals surface area contributed by atoms with Crippen molar-refractivity contribution in [1.82, 2.24) is 9.97 Å². The van der Waals surface area contributed by atoms with E-state index >= 15 is 0 Å². The monoisotopic (exact) mass is 192 g/mol. The standard InChI is InChI=1S/C10H16N4/c11-10(3-1-2-4-10)8-14-9-7-12-5-6-13-9/h5-7H,1-4,8,11H2,(H,13,14). The molecule has 0 unspecified atom stereocenters. The smallest absolute Gasteiger partial charge is 0.144 e. The maximum absolute atomic E-state index is 6.20. The Labute approximate surface area is 83.9 Å². The summed E-state index contributed by atoms with van der Waals surface area (Å²) in [4.78, 5) is 8.13. The summed E-state index contributed by atoms with van der Waals surface area (Å²) in [5.41, 5.74) is 6.17. The molecule has 0 amide bonds. The number of rotatable bonds is 3. The molecule has 0 bridgehead atoms. The number of aromatic nitrogens is 2. The molecule has 1 heterocycles. The molecule has 76 valence electrons. The molecule has 1 fully saturated rings. The van der Waals surface area contributed by atoms with E-state index in [-0.39, 0.29) is 5.54 Å². The summed E-state index contributed by atoms with van der Waals surface area (Å²) in [6.07, 6.45) is 9.79. The Morgan fingerprint density at radius 1 is 1.36 bits per heavy atom. The summed E-state index contributed by atoms with van der Waals surface area (Å²) in [7, 11) is 0. The fraction of sp³-hybridized carbons (Fsp3) is 0.600. The predicted octanol–water partition coefficient (Wildman–Crippen LogP) is 1.16. The molecule has 3 N–H and O–H groups in total. The lowest BCUT2D eigenvalue weighted by atomic mass is 9.99. The van der Waals surface area contributed by atoms with Crippen molar-refractivity contribution in [2.24, 2.45) is 5.73 Å². The van der Waals surface area contributed by atoms with Crippen LogP contribution in [-0.4, -0.2) is 22.1 Å². The van der Waals surface area contributed by atoms with Crippen LogP contribution in [0.1, 0.15) is 25.7 Å². The first-order valence-electron chi connectivity index (χ1n) is 5.07. The van der Waals surface area contributed by atoms with Crippen LogP contribution >= 0.6 is 0 Å².